The van der Waals surface area contributed by atoms with Gasteiger partial charge in [0.1, 0.15) is 0 Å². The molecule has 0 saturated heterocycles. The van der Waals surface area contributed by atoms with Gasteiger partial charge in [0.15, 0.2) is 5.78 Å². The Morgan fingerprint density at radius 3 is 2.87 bits per heavy atom. The first-order valence-corrected chi connectivity index (χ1v) is 4.92. The molecule has 15 heavy (non-hydrogen) atoms. The number of nitrogens with two attached hydrogens (primary N) is 1. The van der Waals surface area contributed by atoms with Gasteiger partial charge in [-0.2, -0.15) is 0 Å². The van der Waals surface area contributed by atoms with Crippen LogP contribution in [-0.4, -0.2) is 16.9 Å². The van der Waals surface area contributed by atoms with Crippen molar-refractivity contribution < 1.29 is 4.79 Å². The fourth-order valence-electron chi connectivity index (χ4n) is 1.84. The van der Waals surface area contributed by atoms with Gasteiger partial charge in [-0.05, 0) is 36.1 Å². The Morgan fingerprint density at radius 1 is 1.47 bits per heavy atom. The van der Waals surface area contributed by atoms with Crippen LogP contribution >= 0.6 is 0 Å². The molecule has 3 heteroatoms. The quantitative estimate of drug-likeness (QED) is 0.752. The SMILES string of the molecule is Cc1cc2ccn(C)c2cc1C(=O)CN. The second kappa shape index (κ2) is 3.51. The van der Waals surface area contributed by atoms with Crippen molar-refractivity contribution >= 4 is 16.7 Å². The Hall–Kier alpha value is -1.61. The number of benzene rings is 1. The van der Waals surface area contributed by atoms with Crippen LogP contribution in [-0.2, 0) is 7.05 Å². The third-order valence-corrected chi connectivity index (χ3v) is 2.72. The highest BCUT2D eigenvalue weighted by Gasteiger charge is 2.09. The molecule has 1 aromatic carbocycles. The van der Waals surface area contributed by atoms with Gasteiger partial charge in [0.05, 0.1) is 6.54 Å². The summed E-state index contributed by atoms with van der Waals surface area (Å²) in [6.45, 7) is 2.01. The van der Waals surface area contributed by atoms with E-state index in [0.717, 1.165) is 22.0 Å². The standard InChI is InChI=1S/C12H14N2O/c1-8-5-9-3-4-14(2)11(9)6-10(8)12(15)7-13/h3-6H,7,13H2,1-2H3. The number of fused-ring (bicyclic) bond motifs is 1. The highest BCUT2D eigenvalue weighted by Crippen LogP contribution is 2.20. The average Bonchev–Trinajstić information content (AvgIpc) is 2.58. The van der Waals surface area contributed by atoms with E-state index in [4.69, 9.17) is 5.73 Å². The largest absolute Gasteiger partial charge is 0.351 e. The smallest absolute Gasteiger partial charge is 0.176 e. The lowest BCUT2D eigenvalue weighted by atomic mass is 10.0. The summed E-state index contributed by atoms with van der Waals surface area (Å²) < 4.78 is 2.00. The van der Waals surface area contributed by atoms with E-state index in [1.807, 2.05) is 42.9 Å². The molecule has 2 N–H and O–H groups in total. The molecule has 0 bridgehead atoms. The molecule has 2 rings (SSSR count). The Kier molecular flexibility index (Phi) is 2.32. The van der Waals surface area contributed by atoms with Crippen LogP contribution in [0.15, 0.2) is 24.4 Å². The summed E-state index contributed by atoms with van der Waals surface area (Å²) in [4.78, 5) is 11.6. The van der Waals surface area contributed by atoms with Crippen molar-refractivity contribution in [2.24, 2.45) is 12.8 Å². The van der Waals surface area contributed by atoms with Crippen LogP contribution in [0.2, 0.25) is 0 Å². The van der Waals surface area contributed by atoms with Crippen molar-refractivity contribution in [1.82, 2.24) is 4.57 Å². The van der Waals surface area contributed by atoms with E-state index in [9.17, 15) is 4.79 Å². The van der Waals surface area contributed by atoms with Gasteiger partial charge >= 0.3 is 0 Å². The summed E-state index contributed by atoms with van der Waals surface area (Å²) in [5, 5.41) is 1.16. The number of rotatable bonds is 2. The fourth-order valence-corrected chi connectivity index (χ4v) is 1.84. The van der Waals surface area contributed by atoms with Gasteiger partial charge in [0.25, 0.3) is 0 Å². The van der Waals surface area contributed by atoms with Crippen LogP contribution in [0.1, 0.15) is 15.9 Å². The molecule has 2 aromatic rings. The van der Waals surface area contributed by atoms with E-state index in [-0.39, 0.29) is 12.3 Å². The molecule has 0 amide bonds. The van der Waals surface area contributed by atoms with Crippen LogP contribution in [0.3, 0.4) is 0 Å². The average molecular weight is 202 g/mol. The molecular formula is C12H14N2O. The van der Waals surface area contributed by atoms with Gasteiger partial charge < -0.3 is 10.3 Å². The molecule has 78 valence electrons. The minimum Gasteiger partial charge on any atom is -0.351 e. The van der Waals surface area contributed by atoms with E-state index in [1.165, 1.54) is 0 Å². The van der Waals surface area contributed by atoms with Crippen LogP contribution in [0.5, 0.6) is 0 Å². The topological polar surface area (TPSA) is 48.0 Å². The molecule has 0 saturated carbocycles. The third kappa shape index (κ3) is 1.55. The number of carbonyl (C=O) groups excluding carboxylic acids is 1. The van der Waals surface area contributed by atoms with Crippen LogP contribution < -0.4 is 5.73 Å². The minimum absolute atomic E-state index is 0.00407. The number of hydrogen-bond acceptors (Lipinski definition) is 2. The second-order valence-electron chi connectivity index (χ2n) is 3.78. The number of nitrogens with zero attached hydrogens (tertiary/aromatic N) is 1. The predicted molar refractivity (Wildman–Crippen MR) is 61.0 cm³/mol. The Labute approximate surface area is 88.5 Å². The normalized spacial score (nSPS) is 10.9. The Bertz CT molecular complexity index is 526. The minimum atomic E-state index is -0.00407. The van der Waals surface area contributed by atoms with Crippen molar-refractivity contribution in [3.05, 3.63) is 35.5 Å². The molecule has 3 nitrogen and oxygen atoms in total. The number of aromatic nitrogens is 1. The maximum atomic E-state index is 11.6. The summed E-state index contributed by atoms with van der Waals surface area (Å²) in [6.07, 6.45) is 1.99. The van der Waals surface area contributed by atoms with Gasteiger partial charge in [-0.3, -0.25) is 4.79 Å². The lowest BCUT2D eigenvalue weighted by Gasteiger charge is -2.05. The van der Waals surface area contributed by atoms with Gasteiger partial charge in [-0.1, -0.05) is 0 Å². The molecule has 0 aliphatic carbocycles. The number of aryl methyl sites for hydroxylation is 2. The lowest BCUT2D eigenvalue weighted by molar-refractivity contribution is 0.100. The first-order chi connectivity index (χ1) is 7.13. The van der Waals surface area contributed by atoms with Gasteiger partial charge in [0, 0.05) is 24.3 Å². The van der Waals surface area contributed by atoms with E-state index < -0.39 is 0 Å². The number of ketones is 1. The maximum absolute atomic E-state index is 11.6. The molecule has 0 unspecified atom stereocenters. The first-order valence-electron chi connectivity index (χ1n) is 4.92. The number of hydrogen-bond donors (Lipinski definition) is 1. The monoisotopic (exact) mass is 202 g/mol. The zero-order chi connectivity index (χ0) is 11.0. The van der Waals surface area contributed by atoms with Crippen LogP contribution in [0.4, 0.5) is 0 Å². The molecule has 0 aliphatic rings. The van der Waals surface area contributed by atoms with Crippen molar-refractivity contribution in [3.8, 4) is 0 Å². The summed E-state index contributed by atoms with van der Waals surface area (Å²) in [5.41, 5.74) is 8.16. The molecule has 1 heterocycles. The Morgan fingerprint density at radius 2 is 2.20 bits per heavy atom. The van der Waals surface area contributed by atoms with Crippen molar-refractivity contribution in [1.29, 1.82) is 0 Å². The molecule has 0 spiro atoms. The van der Waals surface area contributed by atoms with Crippen molar-refractivity contribution in [2.45, 2.75) is 6.92 Å². The zero-order valence-electron chi connectivity index (χ0n) is 8.95. The molecule has 0 radical (unpaired) electrons. The fraction of sp³-hybridized carbons (Fsp3) is 0.250. The summed E-state index contributed by atoms with van der Waals surface area (Å²) in [7, 11) is 1.97. The molecule has 0 atom stereocenters. The highest BCUT2D eigenvalue weighted by atomic mass is 16.1. The molecule has 1 aromatic heterocycles. The third-order valence-electron chi connectivity index (χ3n) is 2.72. The van der Waals surface area contributed by atoms with E-state index in [0.29, 0.717) is 0 Å². The van der Waals surface area contributed by atoms with E-state index >= 15 is 0 Å². The lowest BCUT2D eigenvalue weighted by Crippen LogP contribution is -2.14. The molecule has 0 fully saturated rings. The molecular weight excluding hydrogens is 188 g/mol. The Balaban J connectivity index is 2.70. The summed E-state index contributed by atoms with van der Waals surface area (Å²) in [5.74, 6) is -0.00407. The van der Waals surface area contributed by atoms with Gasteiger partial charge in [-0.25, -0.2) is 0 Å². The summed E-state index contributed by atoms with van der Waals surface area (Å²) >= 11 is 0. The summed E-state index contributed by atoms with van der Waals surface area (Å²) in [6, 6.07) is 5.98. The number of Topliss-reactive ketones (excluding diaryl/α,β-unsaturated/α-hetero) is 1. The predicted octanol–water partition coefficient (Wildman–Crippen LogP) is 1.63. The second-order valence-corrected chi connectivity index (χ2v) is 3.78. The molecule has 0 aliphatic heterocycles. The van der Waals surface area contributed by atoms with Crippen molar-refractivity contribution in [2.75, 3.05) is 6.54 Å². The zero-order valence-corrected chi connectivity index (χ0v) is 8.95. The van der Waals surface area contributed by atoms with Crippen molar-refractivity contribution in [3.63, 3.8) is 0 Å². The maximum Gasteiger partial charge on any atom is 0.176 e. The van der Waals surface area contributed by atoms with Crippen LogP contribution in [0, 0.1) is 6.92 Å². The number of carbonyl (C=O) groups is 1. The van der Waals surface area contributed by atoms with Crippen LogP contribution in [0.25, 0.3) is 10.9 Å². The van der Waals surface area contributed by atoms with E-state index in [2.05, 4.69) is 0 Å². The highest BCUT2D eigenvalue weighted by molar-refractivity contribution is 6.02. The van der Waals surface area contributed by atoms with E-state index in [1.54, 1.807) is 0 Å². The van der Waals surface area contributed by atoms with Gasteiger partial charge in [0.2, 0.25) is 0 Å². The first kappa shape index (κ1) is 9.93. The van der Waals surface area contributed by atoms with Gasteiger partial charge in [-0.15, -0.1) is 0 Å².